The molecule has 0 radical (unpaired) electrons. The van der Waals surface area contributed by atoms with Gasteiger partial charge in [-0.05, 0) is 69.0 Å². The summed E-state index contributed by atoms with van der Waals surface area (Å²) < 4.78 is 13.1. The predicted octanol–water partition coefficient (Wildman–Crippen LogP) is 1.89. The van der Waals surface area contributed by atoms with Crippen LogP contribution >= 0.6 is 0 Å². The number of hydrogen-bond donors (Lipinski definition) is 4. The second kappa shape index (κ2) is 8.08. The number of phenols is 1. The van der Waals surface area contributed by atoms with Crippen molar-refractivity contribution in [3.8, 4) is 11.5 Å². The Kier molecular flexibility index (Phi) is 5.32. The fourth-order valence-corrected chi connectivity index (χ4v) is 7.84. The van der Waals surface area contributed by atoms with E-state index in [1.54, 1.807) is 13.2 Å². The Morgan fingerprint density at radius 1 is 1.26 bits per heavy atom. The Balaban J connectivity index is 1.41. The molecule has 35 heavy (non-hydrogen) atoms. The number of carbonyl (C=O) groups is 2. The van der Waals surface area contributed by atoms with Crippen molar-refractivity contribution in [1.82, 2.24) is 10.2 Å². The van der Waals surface area contributed by atoms with E-state index in [9.17, 15) is 19.8 Å². The number of phenolic OH excluding ortho intramolecular Hbond substituents is 1. The first-order valence-electron chi connectivity index (χ1n) is 12.8. The van der Waals surface area contributed by atoms with Gasteiger partial charge in [-0.3, -0.25) is 19.8 Å². The molecule has 9 nitrogen and oxygen atoms in total. The highest BCUT2D eigenvalue weighted by molar-refractivity contribution is 5.75. The average Bonchev–Trinajstić information content (AvgIpc) is 3.57. The lowest BCUT2D eigenvalue weighted by atomic mass is 9.48. The molecule has 0 amide bonds. The van der Waals surface area contributed by atoms with Gasteiger partial charge in [0, 0.05) is 37.7 Å². The molecule has 2 unspecified atom stereocenters. The van der Waals surface area contributed by atoms with Crippen molar-refractivity contribution < 1.29 is 34.4 Å². The van der Waals surface area contributed by atoms with Gasteiger partial charge >= 0.3 is 11.9 Å². The Morgan fingerprint density at radius 3 is 2.74 bits per heavy atom. The number of nitrogens with one attached hydrogen (secondary N) is 1. The lowest BCUT2D eigenvalue weighted by Crippen LogP contribution is -2.79. The largest absolute Gasteiger partial charge is 0.504 e. The van der Waals surface area contributed by atoms with E-state index in [-0.39, 0.29) is 30.7 Å². The molecule has 2 saturated carbocycles. The van der Waals surface area contributed by atoms with Crippen LogP contribution in [0.15, 0.2) is 12.1 Å². The van der Waals surface area contributed by atoms with Crippen molar-refractivity contribution in [2.24, 2.45) is 5.92 Å². The molecule has 3 aliphatic carbocycles. The highest BCUT2D eigenvalue weighted by Gasteiger charge is 2.74. The number of methoxy groups -OCH3 is 1. The lowest BCUT2D eigenvalue weighted by molar-refractivity contribution is -0.208. The quantitative estimate of drug-likeness (QED) is 0.414. The van der Waals surface area contributed by atoms with Gasteiger partial charge in [0.1, 0.15) is 12.1 Å². The zero-order valence-electron chi connectivity index (χ0n) is 20.0. The van der Waals surface area contributed by atoms with Crippen LogP contribution in [0.5, 0.6) is 11.5 Å². The third-order valence-corrected chi connectivity index (χ3v) is 9.45. The van der Waals surface area contributed by atoms with Crippen molar-refractivity contribution in [2.45, 2.75) is 86.6 Å². The molecular weight excluding hydrogens is 452 g/mol. The first kappa shape index (κ1) is 23.1. The van der Waals surface area contributed by atoms with Crippen molar-refractivity contribution >= 4 is 11.9 Å². The van der Waals surface area contributed by atoms with Gasteiger partial charge in [0.15, 0.2) is 11.5 Å². The number of piperidine rings is 1. The van der Waals surface area contributed by atoms with E-state index in [0.29, 0.717) is 12.2 Å². The molecule has 2 aliphatic heterocycles. The average molecular weight is 487 g/mol. The molecular formula is C26H34N2O7. The Hall–Kier alpha value is -2.36. The molecule has 2 heterocycles. The summed E-state index contributed by atoms with van der Waals surface area (Å²) in [5.41, 5.74) is 1.23. The van der Waals surface area contributed by atoms with Gasteiger partial charge in [-0.15, -0.1) is 0 Å². The highest BCUT2D eigenvalue weighted by Crippen LogP contribution is 2.66. The fraction of sp³-hybridized carbons (Fsp3) is 0.692. The van der Waals surface area contributed by atoms with Gasteiger partial charge in [-0.1, -0.05) is 6.07 Å². The zero-order valence-corrected chi connectivity index (χ0v) is 20.0. The molecule has 1 spiro atoms. The Labute approximate surface area is 204 Å². The van der Waals surface area contributed by atoms with Crippen molar-refractivity contribution in [1.29, 1.82) is 0 Å². The van der Waals surface area contributed by atoms with Gasteiger partial charge in [0.05, 0.1) is 11.0 Å². The van der Waals surface area contributed by atoms with Crippen LogP contribution in [-0.2, 0) is 26.2 Å². The van der Waals surface area contributed by atoms with Gasteiger partial charge in [-0.2, -0.15) is 0 Å². The Morgan fingerprint density at radius 2 is 2.06 bits per heavy atom. The van der Waals surface area contributed by atoms with Crippen LogP contribution in [0, 0.1) is 5.92 Å². The highest BCUT2D eigenvalue weighted by atomic mass is 16.5. The van der Waals surface area contributed by atoms with Crippen LogP contribution in [0.1, 0.15) is 56.1 Å². The summed E-state index contributed by atoms with van der Waals surface area (Å²) in [7, 11) is 1.79. The SMILES string of the molecule is CO[C@@]12CCC(N[C@@H](CCC(=O)O)C(=O)O)C3Oc4c(O)ccc5c4[C@@]31CCN(CC1CC1)[C@@H]2C5. The third kappa shape index (κ3) is 3.24. The minimum absolute atomic E-state index is 0.00243. The molecule has 0 aromatic heterocycles. The maximum absolute atomic E-state index is 12.0. The molecule has 190 valence electrons. The van der Waals surface area contributed by atoms with Gasteiger partial charge < -0.3 is 24.8 Å². The summed E-state index contributed by atoms with van der Waals surface area (Å²) in [6.07, 6.45) is 4.98. The van der Waals surface area contributed by atoms with Crippen LogP contribution in [0.2, 0.25) is 0 Å². The van der Waals surface area contributed by atoms with E-state index < -0.39 is 35.1 Å². The summed E-state index contributed by atoms with van der Waals surface area (Å²) in [5.74, 6) is -0.707. The number of aliphatic carboxylic acids is 2. The first-order valence-corrected chi connectivity index (χ1v) is 12.8. The van der Waals surface area contributed by atoms with Crippen LogP contribution in [0.4, 0.5) is 0 Å². The van der Waals surface area contributed by atoms with Gasteiger partial charge in [0.25, 0.3) is 0 Å². The summed E-state index contributed by atoms with van der Waals surface area (Å²) >= 11 is 0. The number of hydrogen-bond acceptors (Lipinski definition) is 7. The number of nitrogens with zero attached hydrogens (tertiary/aromatic N) is 1. The fourth-order valence-electron chi connectivity index (χ4n) is 7.84. The predicted molar refractivity (Wildman–Crippen MR) is 125 cm³/mol. The second-order valence-corrected chi connectivity index (χ2v) is 11.1. The molecule has 3 fully saturated rings. The number of rotatable bonds is 9. The van der Waals surface area contributed by atoms with E-state index in [1.807, 2.05) is 6.07 Å². The van der Waals surface area contributed by atoms with Gasteiger partial charge in [-0.25, -0.2) is 0 Å². The molecule has 6 rings (SSSR count). The number of carboxylic acids is 2. The lowest BCUT2D eigenvalue weighted by Gasteiger charge is -2.65. The van der Waals surface area contributed by atoms with E-state index in [4.69, 9.17) is 14.6 Å². The van der Waals surface area contributed by atoms with Crippen LogP contribution in [0.3, 0.4) is 0 Å². The number of likely N-dealkylation sites (tertiary alicyclic amines) is 1. The summed E-state index contributed by atoms with van der Waals surface area (Å²) in [6, 6.07) is 2.62. The smallest absolute Gasteiger partial charge is 0.320 e. The standard InChI is InChI=1S/C26H34N2O7/c1-34-26-9-8-16(27-17(24(32)33)5-7-20(30)31)23-25(26)10-11-28(13-14-2-3-14)19(26)12-15-4-6-18(29)22(35-23)21(15)25/h4,6,14,16-17,19,23,27,29H,2-3,5,7-13H2,1H3,(H,30,31)(H,32,33)/t16?,17-,19+,23?,25-,26+/m0/s1. The maximum Gasteiger partial charge on any atom is 0.320 e. The van der Waals surface area contributed by atoms with E-state index in [1.165, 1.54) is 18.4 Å². The minimum Gasteiger partial charge on any atom is -0.504 e. The molecule has 2 bridgehead atoms. The minimum atomic E-state index is -1.06. The summed E-state index contributed by atoms with van der Waals surface area (Å²) in [6.45, 7) is 1.99. The van der Waals surface area contributed by atoms with Crippen molar-refractivity contribution in [3.63, 3.8) is 0 Å². The summed E-state index contributed by atoms with van der Waals surface area (Å²) in [4.78, 5) is 25.7. The van der Waals surface area contributed by atoms with Crippen LogP contribution in [-0.4, -0.2) is 82.2 Å². The monoisotopic (exact) mass is 486 g/mol. The van der Waals surface area contributed by atoms with Crippen molar-refractivity contribution in [3.05, 3.63) is 23.3 Å². The third-order valence-electron chi connectivity index (χ3n) is 9.45. The molecule has 4 N–H and O–H groups in total. The molecule has 5 aliphatic rings. The van der Waals surface area contributed by atoms with Crippen molar-refractivity contribution in [2.75, 3.05) is 20.2 Å². The zero-order chi connectivity index (χ0) is 24.5. The number of aromatic hydroxyl groups is 1. The number of ether oxygens (including phenoxy) is 2. The van der Waals surface area contributed by atoms with Crippen LogP contribution < -0.4 is 10.1 Å². The molecule has 1 aromatic carbocycles. The first-order chi connectivity index (χ1) is 16.8. The van der Waals surface area contributed by atoms with Gasteiger partial charge in [0.2, 0.25) is 0 Å². The summed E-state index contributed by atoms with van der Waals surface area (Å²) in [5, 5.41) is 33.0. The van der Waals surface area contributed by atoms with E-state index in [0.717, 1.165) is 43.8 Å². The Bertz CT molecular complexity index is 1060. The molecule has 9 heteroatoms. The molecule has 6 atom stereocenters. The maximum atomic E-state index is 12.0. The van der Waals surface area contributed by atoms with E-state index >= 15 is 0 Å². The van der Waals surface area contributed by atoms with E-state index in [2.05, 4.69) is 10.2 Å². The molecule has 1 aromatic rings. The normalized spacial score (nSPS) is 35.7. The number of carboxylic acid groups (broad SMARTS) is 2. The molecule has 1 saturated heterocycles. The topological polar surface area (TPSA) is 129 Å². The number of benzene rings is 1. The second-order valence-electron chi connectivity index (χ2n) is 11.1. The van der Waals surface area contributed by atoms with Crippen LogP contribution in [0.25, 0.3) is 0 Å².